The molecule has 0 saturated carbocycles. The standard InChI is InChI=1S/C7H3F3O2/c8-7(9,10)5-3-4-1-2-11-6(4)12-5/h1-3H. The van der Waals surface area contributed by atoms with Crippen molar-refractivity contribution < 1.29 is 22.0 Å². The zero-order valence-corrected chi connectivity index (χ0v) is 5.68. The molecule has 0 fully saturated rings. The number of hydrogen-bond donors (Lipinski definition) is 0. The van der Waals surface area contributed by atoms with E-state index in [0.29, 0.717) is 5.39 Å². The lowest BCUT2D eigenvalue weighted by atomic mass is 10.3. The van der Waals surface area contributed by atoms with Gasteiger partial charge >= 0.3 is 6.18 Å². The molecular weight excluding hydrogens is 173 g/mol. The minimum atomic E-state index is -4.44. The molecule has 0 amide bonds. The number of fused-ring (bicyclic) bond motifs is 1. The molecule has 0 atom stereocenters. The molecule has 0 aliphatic heterocycles. The van der Waals surface area contributed by atoms with Crippen molar-refractivity contribution in [1.82, 2.24) is 0 Å². The zero-order chi connectivity index (χ0) is 8.77. The van der Waals surface area contributed by atoms with Gasteiger partial charge in [0.05, 0.1) is 11.6 Å². The van der Waals surface area contributed by atoms with Gasteiger partial charge in [-0.2, -0.15) is 13.2 Å². The van der Waals surface area contributed by atoms with Gasteiger partial charge in [-0.3, -0.25) is 0 Å². The topological polar surface area (TPSA) is 26.3 Å². The summed E-state index contributed by atoms with van der Waals surface area (Å²) in [5.41, 5.74) is 0. The number of halogens is 3. The van der Waals surface area contributed by atoms with Crippen LogP contribution >= 0.6 is 0 Å². The van der Waals surface area contributed by atoms with Crippen molar-refractivity contribution in [2.75, 3.05) is 0 Å². The van der Waals surface area contributed by atoms with Gasteiger partial charge in [0, 0.05) is 6.07 Å². The first kappa shape index (κ1) is 7.27. The van der Waals surface area contributed by atoms with E-state index in [1.54, 1.807) is 0 Å². The third-order valence-electron chi connectivity index (χ3n) is 1.43. The molecule has 0 aliphatic carbocycles. The number of furan rings is 2. The molecule has 2 rings (SSSR count). The van der Waals surface area contributed by atoms with E-state index >= 15 is 0 Å². The summed E-state index contributed by atoms with van der Waals surface area (Å²) in [6.07, 6.45) is -3.17. The summed E-state index contributed by atoms with van der Waals surface area (Å²) >= 11 is 0. The fraction of sp³-hybridized carbons (Fsp3) is 0.143. The van der Waals surface area contributed by atoms with Crippen LogP contribution in [0.25, 0.3) is 11.2 Å². The molecule has 2 aromatic heterocycles. The van der Waals surface area contributed by atoms with Crippen molar-refractivity contribution in [3.8, 4) is 0 Å². The van der Waals surface area contributed by atoms with Crippen molar-refractivity contribution in [2.24, 2.45) is 0 Å². The molecule has 64 valence electrons. The molecule has 0 aromatic carbocycles. The molecule has 2 nitrogen and oxygen atoms in total. The average Bonchev–Trinajstić information content (AvgIpc) is 2.37. The van der Waals surface area contributed by atoms with Crippen molar-refractivity contribution >= 4 is 11.2 Å². The summed E-state index contributed by atoms with van der Waals surface area (Å²) in [5, 5.41) is 0.322. The molecule has 0 saturated heterocycles. The molecule has 0 bridgehead atoms. The zero-order valence-electron chi connectivity index (χ0n) is 5.68. The largest absolute Gasteiger partial charge is 0.449 e. The van der Waals surface area contributed by atoms with Crippen LogP contribution in [-0.4, -0.2) is 0 Å². The van der Waals surface area contributed by atoms with Crippen molar-refractivity contribution in [2.45, 2.75) is 6.18 Å². The lowest BCUT2D eigenvalue weighted by Gasteiger charge is -1.98. The van der Waals surface area contributed by atoms with Crippen LogP contribution in [0.2, 0.25) is 0 Å². The van der Waals surface area contributed by atoms with Gasteiger partial charge < -0.3 is 8.83 Å². The SMILES string of the molecule is FC(F)(F)c1cc2ccoc2o1. The van der Waals surface area contributed by atoms with Crippen LogP contribution in [0, 0.1) is 0 Å². The van der Waals surface area contributed by atoms with Gasteiger partial charge in [0.15, 0.2) is 0 Å². The summed E-state index contributed by atoms with van der Waals surface area (Å²) in [4.78, 5) is 0. The Hall–Kier alpha value is -1.39. The van der Waals surface area contributed by atoms with Crippen LogP contribution in [0.1, 0.15) is 5.76 Å². The summed E-state index contributed by atoms with van der Waals surface area (Å²) in [7, 11) is 0. The first-order valence-corrected chi connectivity index (χ1v) is 3.11. The third-order valence-corrected chi connectivity index (χ3v) is 1.43. The minimum Gasteiger partial charge on any atom is -0.433 e. The Morgan fingerprint density at radius 3 is 2.58 bits per heavy atom. The van der Waals surface area contributed by atoms with E-state index in [4.69, 9.17) is 0 Å². The molecule has 12 heavy (non-hydrogen) atoms. The highest BCUT2D eigenvalue weighted by Crippen LogP contribution is 2.33. The van der Waals surface area contributed by atoms with Crippen LogP contribution in [0.15, 0.2) is 27.2 Å². The lowest BCUT2D eigenvalue weighted by Crippen LogP contribution is -2.01. The molecule has 2 heterocycles. The highest BCUT2D eigenvalue weighted by Gasteiger charge is 2.35. The van der Waals surface area contributed by atoms with Gasteiger partial charge in [-0.25, -0.2) is 0 Å². The first-order chi connectivity index (χ1) is 5.57. The molecule has 0 N–H and O–H groups in total. The molecular formula is C7H3F3O2. The van der Waals surface area contributed by atoms with E-state index < -0.39 is 11.9 Å². The maximum Gasteiger partial charge on any atom is 0.449 e. The van der Waals surface area contributed by atoms with Gasteiger partial charge in [0.1, 0.15) is 0 Å². The highest BCUT2D eigenvalue weighted by molar-refractivity contribution is 5.72. The Labute approximate surface area is 64.6 Å². The Morgan fingerprint density at radius 1 is 1.25 bits per heavy atom. The summed E-state index contributed by atoms with van der Waals surface area (Å²) in [5.74, 6) is -1.13. The minimum absolute atomic E-state index is 0.0951. The van der Waals surface area contributed by atoms with Crippen LogP contribution in [0.4, 0.5) is 13.2 Å². The maximum absolute atomic E-state index is 12.0. The first-order valence-electron chi connectivity index (χ1n) is 3.11. The molecule has 2 aromatic rings. The van der Waals surface area contributed by atoms with Crippen molar-refractivity contribution in [3.63, 3.8) is 0 Å². The molecule has 0 aliphatic rings. The second-order valence-corrected chi connectivity index (χ2v) is 2.27. The van der Waals surface area contributed by atoms with Gasteiger partial charge in [0.2, 0.25) is 5.76 Å². The second kappa shape index (κ2) is 2.06. The van der Waals surface area contributed by atoms with Crippen molar-refractivity contribution in [3.05, 3.63) is 24.2 Å². The van der Waals surface area contributed by atoms with E-state index in [9.17, 15) is 13.2 Å². The van der Waals surface area contributed by atoms with E-state index in [1.165, 1.54) is 12.3 Å². The Bertz CT molecular complexity index is 367. The Kier molecular flexibility index (Phi) is 1.25. The Morgan fingerprint density at radius 2 is 2.00 bits per heavy atom. The monoisotopic (exact) mass is 176 g/mol. The molecule has 5 heteroatoms. The number of alkyl halides is 3. The van der Waals surface area contributed by atoms with Gasteiger partial charge in [-0.05, 0) is 6.07 Å². The van der Waals surface area contributed by atoms with Crippen LogP contribution in [-0.2, 0) is 6.18 Å². The molecule has 0 spiro atoms. The predicted octanol–water partition coefficient (Wildman–Crippen LogP) is 3.04. The number of hydrogen-bond acceptors (Lipinski definition) is 2. The van der Waals surface area contributed by atoms with Gasteiger partial charge in [0.25, 0.3) is 5.78 Å². The van der Waals surface area contributed by atoms with Crippen LogP contribution in [0.3, 0.4) is 0 Å². The van der Waals surface area contributed by atoms with E-state index in [-0.39, 0.29) is 5.78 Å². The van der Waals surface area contributed by atoms with Gasteiger partial charge in [-0.15, -0.1) is 0 Å². The number of rotatable bonds is 0. The summed E-state index contributed by atoms with van der Waals surface area (Å²) in [6.45, 7) is 0. The van der Waals surface area contributed by atoms with Crippen molar-refractivity contribution in [1.29, 1.82) is 0 Å². The van der Waals surface area contributed by atoms with Gasteiger partial charge in [-0.1, -0.05) is 0 Å². The molecule has 0 radical (unpaired) electrons. The van der Waals surface area contributed by atoms with Crippen LogP contribution in [0.5, 0.6) is 0 Å². The van der Waals surface area contributed by atoms with E-state index in [1.807, 2.05) is 0 Å². The lowest BCUT2D eigenvalue weighted by molar-refractivity contribution is -0.152. The normalized spacial score (nSPS) is 12.6. The molecule has 0 unspecified atom stereocenters. The summed E-state index contributed by atoms with van der Waals surface area (Å²) in [6, 6.07) is 2.31. The smallest absolute Gasteiger partial charge is 0.433 e. The maximum atomic E-state index is 12.0. The van der Waals surface area contributed by atoms with E-state index in [0.717, 1.165) is 6.07 Å². The third kappa shape index (κ3) is 0.975. The Balaban J connectivity index is 2.59. The fourth-order valence-corrected chi connectivity index (χ4v) is 0.905. The fourth-order valence-electron chi connectivity index (χ4n) is 0.905. The predicted molar refractivity (Wildman–Crippen MR) is 33.5 cm³/mol. The average molecular weight is 176 g/mol. The van der Waals surface area contributed by atoms with Crippen LogP contribution < -0.4 is 0 Å². The summed E-state index contributed by atoms with van der Waals surface area (Å²) < 4.78 is 44.9. The second-order valence-electron chi connectivity index (χ2n) is 2.27. The highest BCUT2D eigenvalue weighted by atomic mass is 19.4. The quantitative estimate of drug-likeness (QED) is 0.616. The van der Waals surface area contributed by atoms with E-state index in [2.05, 4.69) is 8.83 Å².